The highest BCUT2D eigenvalue weighted by atomic mass is 35.5. The Bertz CT molecular complexity index is 867. The molecule has 0 radical (unpaired) electrons. The molecule has 0 saturated heterocycles. The minimum absolute atomic E-state index is 0.0907. The molecule has 0 spiro atoms. The van der Waals surface area contributed by atoms with Crippen LogP contribution in [0.25, 0.3) is 0 Å². The summed E-state index contributed by atoms with van der Waals surface area (Å²) >= 11 is 5.78. The number of nitrogens with zero attached hydrogens (tertiary/aromatic N) is 1. The fourth-order valence-corrected chi connectivity index (χ4v) is 2.71. The lowest BCUT2D eigenvalue weighted by Gasteiger charge is -2.19. The molecular formula is C16H18ClN3O4S. The average molecular weight is 384 g/mol. The van der Waals surface area contributed by atoms with Crippen molar-refractivity contribution in [2.45, 2.75) is 4.90 Å². The molecule has 0 bridgehead atoms. The van der Waals surface area contributed by atoms with E-state index in [-0.39, 0.29) is 11.5 Å². The number of carbonyl (C=O) groups is 1. The van der Waals surface area contributed by atoms with Gasteiger partial charge >= 0.3 is 0 Å². The summed E-state index contributed by atoms with van der Waals surface area (Å²) in [4.78, 5) is 13.8. The molecule has 0 atom stereocenters. The van der Waals surface area contributed by atoms with Crippen molar-refractivity contribution < 1.29 is 17.9 Å². The molecule has 9 heteroatoms. The molecule has 0 fully saturated rings. The van der Waals surface area contributed by atoms with Crippen molar-refractivity contribution in [3.8, 4) is 5.75 Å². The standard InChI is InChI=1S/C16H18ClN3O4S/c1-20(2)15-8-7-13(25(18,22)23)9-14(15)19-16(21)10-24-12-5-3-11(17)4-6-12/h3-9H,10H2,1-2H3,(H,19,21)(H2,18,22,23). The summed E-state index contributed by atoms with van der Waals surface area (Å²) in [7, 11) is -0.337. The van der Waals surface area contributed by atoms with Gasteiger partial charge in [0, 0.05) is 19.1 Å². The van der Waals surface area contributed by atoms with Crippen LogP contribution < -0.4 is 20.1 Å². The molecule has 0 saturated carbocycles. The summed E-state index contributed by atoms with van der Waals surface area (Å²) in [6.45, 7) is -0.242. The molecule has 2 rings (SSSR count). The van der Waals surface area contributed by atoms with E-state index in [2.05, 4.69) is 5.32 Å². The van der Waals surface area contributed by atoms with Crippen molar-refractivity contribution in [3.05, 3.63) is 47.5 Å². The van der Waals surface area contributed by atoms with E-state index in [1.165, 1.54) is 12.1 Å². The predicted octanol–water partition coefficient (Wildman–Crippen LogP) is 2.07. The van der Waals surface area contributed by atoms with Gasteiger partial charge in [-0.2, -0.15) is 0 Å². The summed E-state index contributed by atoms with van der Waals surface area (Å²) < 4.78 is 28.4. The van der Waals surface area contributed by atoms with Gasteiger partial charge in [-0.3, -0.25) is 4.79 Å². The summed E-state index contributed by atoms with van der Waals surface area (Å²) in [6, 6.07) is 10.8. The molecule has 1 amide bonds. The predicted molar refractivity (Wildman–Crippen MR) is 97.7 cm³/mol. The number of primary sulfonamides is 1. The molecule has 0 aliphatic carbocycles. The average Bonchev–Trinajstić information content (AvgIpc) is 2.53. The van der Waals surface area contributed by atoms with E-state index < -0.39 is 15.9 Å². The zero-order valence-corrected chi connectivity index (χ0v) is 15.3. The van der Waals surface area contributed by atoms with Crippen LogP contribution in [0.15, 0.2) is 47.4 Å². The van der Waals surface area contributed by atoms with Crippen LogP contribution in [0.4, 0.5) is 11.4 Å². The van der Waals surface area contributed by atoms with Crippen molar-refractivity contribution in [2.24, 2.45) is 5.14 Å². The molecule has 134 valence electrons. The molecule has 2 aromatic carbocycles. The van der Waals surface area contributed by atoms with Crippen molar-refractivity contribution in [2.75, 3.05) is 30.9 Å². The van der Waals surface area contributed by atoms with Gasteiger partial charge in [-0.15, -0.1) is 0 Å². The lowest BCUT2D eigenvalue weighted by Crippen LogP contribution is -2.23. The van der Waals surface area contributed by atoms with Crippen LogP contribution in [0.5, 0.6) is 5.75 Å². The maximum Gasteiger partial charge on any atom is 0.262 e. The van der Waals surface area contributed by atoms with Gasteiger partial charge < -0.3 is 15.0 Å². The molecule has 0 aliphatic heterocycles. The van der Waals surface area contributed by atoms with Crippen LogP contribution in [-0.4, -0.2) is 35.0 Å². The lowest BCUT2D eigenvalue weighted by molar-refractivity contribution is -0.118. The summed E-state index contributed by atoms with van der Waals surface area (Å²) in [5.41, 5.74) is 0.952. The minimum Gasteiger partial charge on any atom is -0.484 e. The number of amides is 1. The zero-order valence-electron chi connectivity index (χ0n) is 13.7. The molecular weight excluding hydrogens is 366 g/mol. The Morgan fingerprint density at radius 2 is 1.84 bits per heavy atom. The number of halogens is 1. The fourth-order valence-electron chi connectivity index (χ4n) is 2.05. The van der Waals surface area contributed by atoms with E-state index in [1.54, 1.807) is 49.3 Å². The highest BCUT2D eigenvalue weighted by Gasteiger charge is 2.15. The van der Waals surface area contributed by atoms with E-state index >= 15 is 0 Å². The Labute approximate surface area is 151 Å². The van der Waals surface area contributed by atoms with Gasteiger partial charge in [0.15, 0.2) is 6.61 Å². The van der Waals surface area contributed by atoms with Crippen molar-refractivity contribution in [1.29, 1.82) is 0 Å². The van der Waals surface area contributed by atoms with Crippen LogP contribution in [0.2, 0.25) is 5.02 Å². The number of anilines is 2. The minimum atomic E-state index is -3.88. The Hall–Kier alpha value is -2.29. The number of ether oxygens (including phenoxy) is 1. The SMILES string of the molecule is CN(C)c1ccc(S(N)(=O)=O)cc1NC(=O)COc1ccc(Cl)cc1. The first-order valence-corrected chi connectivity index (χ1v) is 9.11. The summed E-state index contributed by atoms with van der Waals surface area (Å²) in [5.74, 6) is 0.0512. The van der Waals surface area contributed by atoms with Crippen LogP contribution in [0, 0.1) is 0 Å². The van der Waals surface area contributed by atoms with Crippen LogP contribution in [-0.2, 0) is 14.8 Å². The third kappa shape index (κ3) is 5.35. The van der Waals surface area contributed by atoms with E-state index in [9.17, 15) is 13.2 Å². The zero-order chi connectivity index (χ0) is 18.6. The third-order valence-corrected chi connectivity index (χ3v) is 4.40. The number of hydrogen-bond acceptors (Lipinski definition) is 5. The summed E-state index contributed by atoms with van der Waals surface area (Å²) in [5, 5.41) is 8.34. The maximum absolute atomic E-state index is 12.1. The number of nitrogens with one attached hydrogen (secondary N) is 1. The van der Waals surface area contributed by atoms with E-state index in [4.69, 9.17) is 21.5 Å². The first kappa shape index (κ1) is 19.0. The van der Waals surface area contributed by atoms with Gasteiger partial charge in [0.25, 0.3) is 5.91 Å². The van der Waals surface area contributed by atoms with Crippen LogP contribution in [0.3, 0.4) is 0 Å². The molecule has 25 heavy (non-hydrogen) atoms. The number of nitrogens with two attached hydrogens (primary N) is 1. The second kappa shape index (κ2) is 7.73. The highest BCUT2D eigenvalue weighted by Crippen LogP contribution is 2.27. The smallest absolute Gasteiger partial charge is 0.262 e. The molecule has 7 nitrogen and oxygen atoms in total. The maximum atomic E-state index is 12.1. The Kier molecular flexibility index (Phi) is 5.89. The Balaban J connectivity index is 2.14. The van der Waals surface area contributed by atoms with E-state index in [1.807, 2.05) is 0 Å². The topological polar surface area (TPSA) is 102 Å². The summed E-state index contributed by atoms with van der Waals surface area (Å²) in [6.07, 6.45) is 0. The Morgan fingerprint density at radius 3 is 2.40 bits per heavy atom. The van der Waals surface area contributed by atoms with E-state index in [0.717, 1.165) is 0 Å². The largest absolute Gasteiger partial charge is 0.484 e. The molecule has 0 aromatic heterocycles. The second-order valence-corrected chi connectivity index (χ2v) is 7.41. The normalized spacial score (nSPS) is 11.0. The van der Waals surface area contributed by atoms with Gasteiger partial charge in [-0.1, -0.05) is 11.6 Å². The first-order valence-electron chi connectivity index (χ1n) is 7.19. The second-order valence-electron chi connectivity index (χ2n) is 5.41. The van der Waals surface area contributed by atoms with Gasteiger partial charge in [0.2, 0.25) is 10.0 Å². The number of benzene rings is 2. The molecule has 3 N–H and O–H groups in total. The van der Waals surface area contributed by atoms with Crippen molar-refractivity contribution >= 4 is 38.9 Å². The van der Waals surface area contributed by atoms with Crippen molar-refractivity contribution in [3.63, 3.8) is 0 Å². The third-order valence-electron chi connectivity index (χ3n) is 3.24. The monoisotopic (exact) mass is 383 g/mol. The first-order chi connectivity index (χ1) is 11.7. The number of hydrogen-bond donors (Lipinski definition) is 2. The number of rotatable bonds is 6. The highest BCUT2D eigenvalue weighted by molar-refractivity contribution is 7.89. The molecule has 2 aromatic rings. The van der Waals surface area contributed by atoms with Crippen LogP contribution in [0.1, 0.15) is 0 Å². The van der Waals surface area contributed by atoms with Gasteiger partial charge in [-0.25, -0.2) is 13.6 Å². The van der Waals surface area contributed by atoms with Gasteiger partial charge in [0.05, 0.1) is 16.3 Å². The van der Waals surface area contributed by atoms with Crippen LogP contribution >= 0.6 is 11.6 Å². The molecule has 0 heterocycles. The van der Waals surface area contributed by atoms with Gasteiger partial charge in [-0.05, 0) is 42.5 Å². The number of sulfonamides is 1. The van der Waals surface area contributed by atoms with E-state index in [0.29, 0.717) is 22.1 Å². The molecule has 0 aliphatic rings. The van der Waals surface area contributed by atoms with Crippen molar-refractivity contribution in [1.82, 2.24) is 0 Å². The number of carbonyl (C=O) groups excluding carboxylic acids is 1. The van der Waals surface area contributed by atoms with Gasteiger partial charge in [0.1, 0.15) is 5.75 Å². The quantitative estimate of drug-likeness (QED) is 0.795. The lowest BCUT2D eigenvalue weighted by atomic mass is 10.2. The Morgan fingerprint density at radius 1 is 1.20 bits per heavy atom. The fraction of sp³-hybridized carbons (Fsp3) is 0.188. The molecule has 0 unspecified atom stereocenters.